The van der Waals surface area contributed by atoms with E-state index in [4.69, 9.17) is 0 Å². The van der Waals surface area contributed by atoms with Gasteiger partial charge in [0.15, 0.2) is 0 Å². The summed E-state index contributed by atoms with van der Waals surface area (Å²) in [6.45, 7) is 4.14. The smallest absolute Gasteiger partial charge is 0.317 e. The molecule has 0 spiro atoms. The molecule has 2 amide bonds. The number of rotatable bonds is 7. The molecule has 1 aliphatic heterocycles. The van der Waals surface area contributed by atoms with Crippen LogP contribution in [0, 0.1) is 0 Å². The van der Waals surface area contributed by atoms with Gasteiger partial charge in [-0.15, -0.1) is 0 Å². The molecule has 2 heterocycles. The number of urea groups is 1. The molecule has 1 saturated heterocycles. The molecule has 1 N–H and O–H groups in total. The number of hydrogen-bond acceptors (Lipinski definition) is 3. The normalized spacial score (nSPS) is 15.7. The first kappa shape index (κ1) is 18.5. The Labute approximate surface area is 155 Å². The summed E-state index contributed by atoms with van der Waals surface area (Å²) in [5.74, 6) is 0. The molecule has 26 heavy (non-hydrogen) atoms. The van der Waals surface area contributed by atoms with Crippen molar-refractivity contribution in [3.8, 4) is 0 Å². The van der Waals surface area contributed by atoms with Crippen LogP contribution in [-0.4, -0.2) is 64.9 Å². The van der Waals surface area contributed by atoms with E-state index in [1.165, 1.54) is 5.56 Å². The first-order valence-corrected chi connectivity index (χ1v) is 9.47. The molecule has 140 valence electrons. The van der Waals surface area contributed by atoms with E-state index in [9.17, 15) is 4.79 Å². The van der Waals surface area contributed by atoms with Gasteiger partial charge in [-0.2, -0.15) is 5.10 Å². The Morgan fingerprint density at radius 3 is 2.69 bits per heavy atom. The molecule has 1 aromatic heterocycles. The van der Waals surface area contributed by atoms with E-state index >= 15 is 0 Å². The molecule has 6 heteroatoms. The van der Waals surface area contributed by atoms with Gasteiger partial charge >= 0.3 is 6.03 Å². The van der Waals surface area contributed by atoms with Crippen molar-refractivity contribution in [1.29, 1.82) is 0 Å². The van der Waals surface area contributed by atoms with Crippen molar-refractivity contribution < 1.29 is 4.79 Å². The van der Waals surface area contributed by atoms with E-state index in [1.54, 1.807) is 6.20 Å². The molecular weight excluding hydrogens is 326 g/mol. The third kappa shape index (κ3) is 5.33. The van der Waals surface area contributed by atoms with E-state index < -0.39 is 0 Å². The lowest BCUT2D eigenvalue weighted by molar-refractivity contribution is 0.132. The number of aromatic nitrogens is 2. The number of nitrogens with one attached hydrogen (secondary N) is 1. The zero-order valence-electron chi connectivity index (χ0n) is 15.6. The Bertz CT molecular complexity index is 650. The van der Waals surface area contributed by atoms with Gasteiger partial charge in [0.25, 0.3) is 0 Å². The number of benzene rings is 1. The molecule has 0 unspecified atom stereocenters. The number of likely N-dealkylation sites (tertiary alicyclic amines) is 1. The van der Waals surface area contributed by atoms with E-state index in [-0.39, 0.29) is 6.03 Å². The van der Waals surface area contributed by atoms with Crippen molar-refractivity contribution in [3.05, 3.63) is 54.4 Å². The zero-order valence-corrected chi connectivity index (χ0v) is 15.6. The molecule has 0 bridgehead atoms. The molecule has 1 fully saturated rings. The summed E-state index contributed by atoms with van der Waals surface area (Å²) in [7, 11) is 2.15. The predicted molar refractivity (Wildman–Crippen MR) is 103 cm³/mol. The Balaban J connectivity index is 1.56. The van der Waals surface area contributed by atoms with Crippen LogP contribution in [0.2, 0.25) is 0 Å². The van der Waals surface area contributed by atoms with Crippen LogP contribution in [-0.2, 0) is 13.0 Å². The number of amides is 2. The van der Waals surface area contributed by atoms with Gasteiger partial charge in [-0.3, -0.25) is 4.68 Å². The quantitative estimate of drug-likeness (QED) is 0.829. The topological polar surface area (TPSA) is 53.4 Å². The molecule has 1 aromatic carbocycles. The SMILES string of the molecule is CN1CCC(N(CCc2ccccc2)C(=O)NCCn2cccn2)CC1. The van der Waals surface area contributed by atoms with Crippen LogP contribution in [0.4, 0.5) is 4.79 Å². The molecule has 0 saturated carbocycles. The van der Waals surface area contributed by atoms with Crippen molar-refractivity contribution in [3.63, 3.8) is 0 Å². The first-order chi connectivity index (χ1) is 12.7. The molecule has 0 atom stereocenters. The predicted octanol–water partition coefficient (Wildman–Crippen LogP) is 2.23. The van der Waals surface area contributed by atoms with Crippen molar-refractivity contribution >= 4 is 6.03 Å². The van der Waals surface area contributed by atoms with Gasteiger partial charge in [0, 0.05) is 31.5 Å². The first-order valence-electron chi connectivity index (χ1n) is 9.47. The van der Waals surface area contributed by atoms with Crippen LogP contribution in [0.5, 0.6) is 0 Å². The van der Waals surface area contributed by atoms with Gasteiger partial charge in [0.05, 0.1) is 6.54 Å². The molecule has 2 aromatic rings. The average Bonchev–Trinajstić information content (AvgIpc) is 3.18. The summed E-state index contributed by atoms with van der Waals surface area (Å²) >= 11 is 0. The molecule has 0 aliphatic carbocycles. The Morgan fingerprint density at radius 2 is 2.00 bits per heavy atom. The Kier molecular flexibility index (Phi) is 6.66. The second-order valence-corrected chi connectivity index (χ2v) is 6.96. The highest BCUT2D eigenvalue weighted by Gasteiger charge is 2.26. The fraction of sp³-hybridized carbons (Fsp3) is 0.500. The summed E-state index contributed by atoms with van der Waals surface area (Å²) in [5, 5.41) is 7.26. The minimum Gasteiger partial charge on any atom is -0.336 e. The maximum Gasteiger partial charge on any atom is 0.317 e. The number of nitrogens with zero attached hydrogens (tertiary/aromatic N) is 4. The van der Waals surface area contributed by atoms with E-state index in [2.05, 4.69) is 46.6 Å². The fourth-order valence-electron chi connectivity index (χ4n) is 3.46. The van der Waals surface area contributed by atoms with Crippen molar-refractivity contribution in [1.82, 2.24) is 24.9 Å². The van der Waals surface area contributed by atoms with Crippen LogP contribution in [0.3, 0.4) is 0 Å². The minimum absolute atomic E-state index is 0.0441. The standard InChI is InChI=1S/C20H29N5O/c1-23-14-9-19(10-15-23)25(16-8-18-6-3-2-4-7-18)20(26)21-12-17-24-13-5-11-22-24/h2-7,11,13,19H,8-10,12,14-17H2,1H3,(H,21,26). The number of carbonyl (C=O) groups is 1. The van der Waals surface area contributed by atoms with Crippen LogP contribution in [0.25, 0.3) is 0 Å². The molecular formula is C20H29N5O. The van der Waals surface area contributed by atoms with Gasteiger partial charge in [-0.25, -0.2) is 4.79 Å². The van der Waals surface area contributed by atoms with Crippen LogP contribution >= 0.6 is 0 Å². The lowest BCUT2D eigenvalue weighted by Gasteiger charge is -2.37. The van der Waals surface area contributed by atoms with Gasteiger partial charge < -0.3 is 15.1 Å². The molecule has 0 radical (unpaired) electrons. The average molecular weight is 355 g/mol. The Hall–Kier alpha value is -2.34. The van der Waals surface area contributed by atoms with Gasteiger partial charge in [-0.1, -0.05) is 30.3 Å². The van der Waals surface area contributed by atoms with Crippen LogP contribution in [0.1, 0.15) is 18.4 Å². The monoisotopic (exact) mass is 355 g/mol. The Morgan fingerprint density at radius 1 is 1.23 bits per heavy atom. The van der Waals surface area contributed by atoms with Gasteiger partial charge in [-0.05, 0) is 51.0 Å². The molecule has 3 rings (SSSR count). The van der Waals surface area contributed by atoms with E-state index in [0.717, 1.165) is 38.9 Å². The van der Waals surface area contributed by atoms with Crippen LogP contribution in [0.15, 0.2) is 48.8 Å². The minimum atomic E-state index is 0.0441. The third-order valence-electron chi connectivity index (χ3n) is 5.05. The highest BCUT2D eigenvalue weighted by molar-refractivity contribution is 5.74. The second-order valence-electron chi connectivity index (χ2n) is 6.96. The van der Waals surface area contributed by atoms with E-state index in [1.807, 2.05) is 27.9 Å². The summed E-state index contributed by atoms with van der Waals surface area (Å²) < 4.78 is 1.84. The maximum atomic E-state index is 12.8. The van der Waals surface area contributed by atoms with Gasteiger partial charge in [0.2, 0.25) is 0 Å². The fourth-order valence-corrected chi connectivity index (χ4v) is 3.46. The van der Waals surface area contributed by atoms with Crippen molar-refractivity contribution in [2.45, 2.75) is 31.8 Å². The third-order valence-corrected chi connectivity index (χ3v) is 5.05. The highest BCUT2D eigenvalue weighted by Crippen LogP contribution is 2.16. The summed E-state index contributed by atoms with van der Waals surface area (Å²) in [4.78, 5) is 17.2. The molecule has 1 aliphatic rings. The van der Waals surface area contributed by atoms with Gasteiger partial charge in [0.1, 0.15) is 0 Å². The van der Waals surface area contributed by atoms with Crippen molar-refractivity contribution in [2.24, 2.45) is 0 Å². The van der Waals surface area contributed by atoms with Crippen molar-refractivity contribution in [2.75, 3.05) is 33.2 Å². The number of hydrogen-bond donors (Lipinski definition) is 1. The largest absolute Gasteiger partial charge is 0.336 e. The maximum absolute atomic E-state index is 12.8. The summed E-state index contributed by atoms with van der Waals surface area (Å²) in [6.07, 6.45) is 6.64. The van der Waals surface area contributed by atoms with Crippen LogP contribution < -0.4 is 5.32 Å². The lowest BCUT2D eigenvalue weighted by Crippen LogP contribution is -2.51. The number of carbonyl (C=O) groups excluding carboxylic acids is 1. The molecule has 6 nitrogen and oxygen atoms in total. The second kappa shape index (κ2) is 9.38. The number of piperidine rings is 1. The lowest BCUT2D eigenvalue weighted by atomic mass is 10.0. The zero-order chi connectivity index (χ0) is 18.2. The highest BCUT2D eigenvalue weighted by atomic mass is 16.2. The van der Waals surface area contributed by atoms with E-state index in [0.29, 0.717) is 19.1 Å². The summed E-state index contributed by atoms with van der Waals surface area (Å²) in [6, 6.07) is 12.7. The summed E-state index contributed by atoms with van der Waals surface area (Å²) in [5.41, 5.74) is 1.27.